The molecule has 0 aliphatic carbocycles. The summed E-state index contributed by atoms with van der Waals surface area (Å²) in [6.07, 6.45) is 1.76. The molecule has 8 heteroatoms. The van der Waals surface area contributed by atoms with Gasteiger partial charge >= 0.3 is 0 Å². The first-order chi connectivity index (χ1) is 11.2. The van der Waals surface area contributed by atoms with Crippen LogP contribution in [0.15, 0.2) is 47.6 Å². The lowest BCUT2D eigenvalue weighted by Crippen LogP contribution is -2.39. The van der Waals surface area contributed by atoms with Crippen LogP contribution >= 0.6 is 24.0 Å². The maximum atomic E-state index is 12.1. The molecule has 0 radical (unpaired) electrons. The summed E-state index contributed by atoms with van der Waals surface area (Å²) in [5, 5.41) is 10.5. The molecule has 0 amide bonds. The summed E-state index contributed by atoms with van der Waals surface area (Å²) in [6, 6.07) is 11.9. The van der Waals surface area contributed by atoms with Crippen LogP contribution in [0.1, 0.15) is 11.3 Å². The Morgan fingerprint density at radius 3 is 2.62 bits per heavy atom. The van der Waals surface area contributed by atoms with Crippen molar-refractivity contribution in [1.82, 2.24) is 20.4 Å². The Morgan fingerprint density at radius 2 is 2.00 bits per heavy atom. The number of nitrogens with zero attached hydrogens (tertiary/aromatic N) is 3. The maximum absolute atomic E-state index is 12.1. The minimum atomic E-state index is -0.886. The molecule has 2 N–H and O–H groups in total. The van der Waals surface area contributed by atoms with E-state index in [4.69, 9.17) is 0 Å². The molecule has 0 saturated carbocycles. The standard InChI is InChI=1S/C16H23N5OS.HI/c1-17-16(19-12-15-8-9-20-21(15)2)18-10-11-23(22)13-14-6-4-3-5-7-14;/h3-9H,10-13H2,1-2H3,(H2,17,18,19);1H. The number of guanidine groups is 1. The number of aromatic nitrogens is 2. The molecule has 1 aromatic heterocycles. The van der Waals surface area contributed by atoms with Gasteiger partial charge in [0, 0.05) is 49.1 Å². The Labute approximate surface area is 162 Å². The predicted octanol–water partition coefficient (Wildman–Crippen LogP) is 1.65. The predicted molar refractivity (Wildman–Crippen MR) is 110 cm³/mol. The van der Waals surface area contributed by atoms with Crippen LogP contribution in [0.2, 0.25) is 0 Å². The zero-order valence-corrected chi connectivity index (χ0v) is 17.1. The number of nitrogens with one attached hydrogen (secondary N) is 2. The Kier molecular flexibility index (Phi) is 9.62. The van der Waals surface area contributed by atoms with Crippen LogP contribution in [0.5, 0.6) is 0 Å². The monoisotopic (exact) mass is 461 g/mol. The molecule has 0 fully saturated rings. The Balaban J connectivity index is 0.00000288. The second kappa shape index (κ2) is 11.2. The van der Waals surface area contributed by atoms with E-state index < -0.39 is 10.8 Å². The number of aryl methyl sites for hydroxylation is 1. The minimum Gasteiger partial charge on any atom is -0.355 e. The third kappa shape index (κ3) is 7.00. The van der Waals surface area contributed by atoms with E-state index in [1.165, 1.54) is 0 Å². The van der Waals surface area contributed by atoms with Gasteiger partial charge in [0.15, 0.2) is 5.96 Å². The van der Waals surface area contributed by atoms with Gasteiger partial charge in [0.25, 0.3) is 0 Å². The van der Waals surface area contributed by atoms with E-state index in [0.717, 1.165) is 11.3 Å². The SMILES string of the molecule is CN=C(NCCS(=O)Cc1ccccc1)NCc1ccnn1C.I. The molecule has 132 valence electrons. The normalized spacial score (nSPS) is 12.3. The van der Waals surface area contributed by atoms with Gasteiger partial charge < -0.3 is 10.6 Å². The fraction of sp³-hybridized carbons (Fsp3) is 0.375. The first-order valence-electron chi connectivity index (χ1n) is 7.49. The van der Waals surface area contributed by atoms with Crippen molar-refractivity contribution in [2.24, 2.45) is 12.0 Å². The average molecular weight is 461 g/mol. The van der Waals surface area contributed by atoms with E-state index in [-0.39, 0.29) is 24.0 Å². The van der Waals surface area contributed by atoms with Crippen LogP contribution in [-0.2, 0) is 30.1 Å². The lowest BCUT2D eigenvalue weighted by atomic mass is 10.2. The Hall–Kier alpha value is -1.42. The highest BCUT2D eigenvalue weighted by atomic mass is 127. The third-order valence-electron chi connectivity index (χ3n) is 3.38. The van der Waals surface area contributed by atoms with Crippen molar-refractivity contribution in [1.29, 1.82) is 0 Å². The number of hydrogen-bond donors (Lipinski definition) is 2. The second-order valence-electron chi connectivity index (χ2n) is 5.07. The van der Waals surface area contributed by atoms with Crippen LogP contribution in [0.25, 0.3) is 0 Å². The molecule has 1 atom stereocenters. The molecule has 24 heavy (non-hydrogen) atoms. The highest BCUT2D eigenvalue weighted by molar-refractivity contribution is 14.0. The first kappa shape index (κ1) is 20.6. The van der Waals surface area contributed by atoms with Gasteiger partial charge in [-0.05, 0) is 11.6 Å². The van der Waals surface area contributed by atoms with E-state index in [1.54, 1.807) is 13.2 Å². The molecule has 1 heterocycles. The number of benzene rings is 1. The molecule has 0 spiro atoms. The summed E-state index contributed by atoms with van der Waals surface area (Å²) in [7, 11) is 2.74. The van der Waals surface area contributed by atoms with Crippen LogP contribution in [-0.4, -0.2) is 39.3 Å². The molecule has 0 aliphatic rings. The molecule has 0 bridgehead atoms. The van der Waals surface area contributed by atoms with Gasteiger partial charge in [-0.25, -0.2) is 0 Å². The summed E-state index contributed by atoms with van der Waals surface area (Å²) >= 11 is 0. The molecule has 2 aromatic rings. The lowest BCUT2D eigenvalue weighted by Gasteiger charge is -2.12. The third-order valence-corrected chi connectivity index (χ3v) is 4.69. The van der Waals surface area contributed by atoms with Gasteiger partial charge in [-0.3, -0.25) is 13.9 Å². The zero-order chi connectivity index (χ0) is 16.5. The van der Waals surface area contributed by atoms with Gasteiger partial charge in [0.1, 0.15) is 0 Å². The van der Waals surface area contributed by atoms with E-state index in [2.05, 4.69) is 20.7 Å². The van der Waals surface area contributed by atoms with Gasteiger partial charge in [0.2, 0.25) is 0 Å². The summed E-state index contributed by atoms with van der Waals surface area (Å²) in [6.45, 7) is 1.26. The van der Waals surface area contributed by atoms with Gasteiger partial charge in [0.05, 0.1) is 12.2 Å². The lowest BCUT2D eigenvalue weighted by molar-refractivity contribution is 0.678. The van der Waals surface area contributed by atoms with Crippen LogP contribution in [0.4, 0.5) is 0 Å². The summed E-state index contributed by atoms with van der Waals surface area (Å²) < 4.78 is 13.9. The van der Waals surface area contributed by atoms with Crippen molar-refractivity contribution in [3.8, 4) is 0 Å². The summed E-state index contributed by atoms with van der Waals surface area (Å²) in [4.78, 5) is 4.16. The maximum Gasteiger partial charge on any atom is 0.191 e. The molecule has 6 nitrogen and oxygen atoms in total. The van der Waals surface area contributed by atoms with E-state index in [0.29, 0.717) is 30.6 Å². The van der Waals surface area contributed by atoms with Crippen molar-refractivity contribution in [3.05, 3.63) is 53.9 Å². The van der Waals surface area contributed by atoms with E-state index in [9.17, 15) is 4.21 Å². The number of aliphatic imine (C=N–C) groups is 1. The van der Waals surface area contributed by atoms with Gasteiger partial charge in [-0.1, -0.05) is 30.3 Å². The molecule has 0 aliphatic heterocycles. The van der Waals surface area contributed by atoms with Crippen molar-refractivity contribution in [3.63, 3.8) is 0 Å². The molecule has 2 rings (SSSR count). The second-order valence-corrected chi connectivity index (χ2v) is 6.65. The quantitative estimate of drug-likeness (QED) is 0.374. The fourth-order valence-electron chi connectivity index (χ4n) is 2.09. The molecular weight excluding hydrogens is 437 g/mol. The highest BCUT2D eigenvalue weighted by Gasteiger charge is 2.04. The Bertz CT molecular complexity index is 659. The molecular formula is C16H24IN5OS. The van der Waals surface area contributed by atoms with Crippen molar-refractivity contribution in [2.45, 2.75) is 12.3 Å². The smallest absolute Gasteiger partial charge is 0.191 e. The molecule has 1 aromatic carbocycles. The van der Waals surface area contributed by atoms with E-state index >= 15 is 0 Å². The van der Waals surface area contributed by atoms with Gasteiger partial charge in [-0.15, -0.1) is 24.0 Å². The van der Waals surface area contributed by atoms with Crippen molar-refractivity contribution >= 4 is 40.7 Å². The average Bonchev–Trinajstić information content (AvgIpc) is 2.97. The van der Waals surface area contributed by atoms with Crippen LogP contribution in [0.3, 0.4) is 0 Å². The fourth-order valence-corrected chi connectivity index (χ4v) is 3.12. The first-order valence-corrected chi connectivity index (χ1v) is 8.98. The number of hydrogen-bond acceptors (Lipinski definition) is 3. The van der Waals surface area contributed by atoms with Crippen LogP contribution in [0, 0.1) is 0 Å². The Morgan fingerprint density at radius 1 is 1.25 bits per heavy atom. The molecule has 0 saturated heterocycles. The topological polar surface area (TPSA) is 71.3 Å². The summed E-state index contributed by atoms with van der Waals surface area (Å²) in [5.74, 6) is 1.87. The highest BCUT2D eigenvalue weighted by Crippen LogP contribution is 2.02. The van der Waals surface area contributed by atoms with E-state index in [1.807, 2.05) is 48.1 Å². The number of rotatable bonds is 7. The zero-order valence-electron chi connectivity index (χ0n) is 13.9. The number of halogens is 1. The van der Waals surface area contributed by atoms with Crippen molar-refractivity contribution in [2.75, 3.05) is 19.3 Å². The summed E-state index contributed by atoms with van der Waals surface area (Å²) in [5.41, 5.74) is 2.17. The van der Waals surface area contributed by atoms with Crippen molar-refractivity contribution < 1.29 is 4.21 Å². The van der Waals surface area contributed by atoms with Gasteiger partial charge in [-0.2, -0.15) is 5.10 Å². The van der Waals surface area contributed by atoms with Crippen LogP contribution < -0.4 is 10.6 Å². The molecule has 1 unspecified atom stereocenters. The minimum absolute atomic E-state index is 0. The largest absolute Gasteiger partial charge is 0.355 e.